The molecule has 0 bridgehead atoms. The van der Waals surface area contributed by atoms with Crippen LogP contribution < -0.4 is 0 Å². The van der Waals surface area contributed by atoms with E-state index >= 15 is 0 Å². The van der Waals surface area contributed by atoms with E-state index in [-0.39, 0.29) is 22.3 Å². The Balaban J connectivity index is 1.94. The molecule has 2 heterocycles. The molecule has 2 aromatic heterocycles. The minimum absolute atomic E-state index is 0.212. The molecule has 0 radical (unpaired) electrons. The number of hydrogen-bond acceptors (Lipinski definition) is 8. The number of nitriles is 6. The van der Waals surface area contributed by atoms with E-state index < -0.39 is 91.3 Å². The van der Waals surface area contributed by atoms with Crippen LogP contribution in [0.4, 0.5) is 35.1 Å². The van der Waals surface area contributed by atoms with Crippen molar-refractivity contribution in [2.24, 2.45) is 0 Å². The van der Waals surface area contributed by atoms with E-state index in [4.69, 9.17) is 0 Å². The van der Waals surface area contributed by atoms with Crippen LogP contribution in [0.5, 0.6) is 0 Å². The number of benzene rings is 1. The summed E-state index contributed by atoms with van der Waals surface area (Å²) in [6, 6.07) is 13.6. The molecule has 0 amide bonds. The van der Waals surface area contributed by atoms with E-state index in [2.05, 4.69) is 9.97 Å². The van der Waals surface area contributed by atoms with Crippen molar-refractivity contribution < 1.29 is 35.1 Å². The fraction of sp³-hybridized carbons (Fsp3) is 0.0625. The van der Waals surface area contributed by atoms with Crippen LogP contribution in [0.3, 0.4) is 0 Å². The van der Waals surface area contributed by atoms with Gasteiger partial charge in [-0.2, -0.15) is 66.7 Å². The Kier molecular flexibility index (Phi) is 7.62. The Hall–Kier alpha value is -7.14. The quantitative estimate of drug-likeness (QED) is 0.158. The summed E-state index contributed by atoms with van der Waals surface area (Å²) < 4.78 is 110. The van der Waals surface area contributed by atoms with Crippen molar-refractivity contribution in [3.8, 4) is 36.4 Å². The smallest absolute Gasteiger partial charge is 0.215 e. The van der Waals surface area contributed by atoms with E-state index in [1.807, 2.05) is 0 Å². The fourth-order valence-electron chi connectivity index (χ4n) is 5.39. The number of allylic oxidation sites excluding steroid dienone is 8. The number of pyridine rings is 2. The van der Waals surface area contributed by atoms with Gasteiger partial charge in [-0.3, -0.25) is 0 Å². The molecule has 0 saturated carbocycles. The summed E-state index contributed by atoms with van der Waals surface area (Å²) in [5.41, 5.74) is -10.0. The maximum atomic E-state index is 14.4. The number of aromatic nitrogens is 2. The molecular formula is C32H6F8N8. The van der Waals surface area contributed by atoms with Crippen molar-refractivity contribution in [2.45, 2.75) is 12.4 Å². The van der Waals surface area contributed by atoms with Gasteiger partial charge in [0.25, 0.3) is 0 Å². The molecule has 0 fully saturated rings. The van der Waals surface area contributed by atoms with E-state index in [1.54, 1.807) is 36.4 Å². The second-order valence-corrected chi connectivity index (χ2v) is 9.74. The highest BCUT2D eigenvalue weighted by Gasteiger charge is 2.40. The van der Waals surface area contributed by atoms with Crippen LogP contribution >= 0.6 is 0 Å². The number of alkyl halides is 6. The molecule has 3 aromatic rings. The van der Waals surface area contributed by atoms with Crippen molar-refractivity contribution in [3.63, 3.8) is 0 Å². The number of halogens is 8. The third-order valence-electron chi connectivity index (χ3n) is 7.15. The van der Waals surface area contributed by atoms with Crippen molar-refractivity contribution in [1.82, 2.24) is 9.97 Å². The van der Waals surface area contributed by atoms with Crippen LogP contribution in [-0.2, 0) is 12.4 Å². The Labute approximate surface area is 263 Å². The standard InChI is InChI=1S/C32H6F8N8/c33-25-3-13(1-23(47-25)31(35,36)37)27-21(11-45)17-5-18-20(6-19(17)29(27)15(7-41)8-42)30(16(9-43)10-44)28(22(18)12-46)14-2-24(32(38,39)40)48-26(34)4-14/h1-6H. The molecular weight excluding hydrogens is 648 g/mol. The van der Waals surface area contributed by atoms with Crippen LogP contribution in [0.15, 0.2) is 47.5 Å². The maximum absolute atomic E-state index is 14.4. The van der Waals surface area contributed by atoms with Gasteiger partial charge in [0, 0.05) is 45.6 Å². The number of fused-ring (bicyclic) bond motifs is 2. The first-order valence-corrected chi connectivity index (χ1v) is 12.7. The molecule has 0 atom stereocenters. The minimum atomic E-state index is -5.17. The number of nitrogens with zero attached hydrogens (tertiary/aromatic N) is 8. The van der Waals surface area contributed by atoms with E-state index in [1.165, 1.54) is 0 Å². The Bertz CT molecular complexity index is 2210. The van der Waals surface area contributed by atoms with Gasteiger partial charge in [-0.05, 0) is 46.5 Å². The lowest BCUT2D eigenvalue weighted by molar-refractivity contribution is -0.142. The summed E-state index contributed by atoms with van der Waals surface area (Å²) in [4.78, 5) is 5.63. The topological polar surface area (TPSA) is 169 Å². The van der Waals surface area contributed by atoms with Crippen LogP contribution in [0.25, 0.3) is 33.4 Å². The first-order valence-electron chi connectivity index (χ1n) is 12.7. The lowest BCUT2D eigenvalue weighted by Crippen LogP contribution is -2.10. The summed E-state index contributed by atoms with van der Waals surface area (Å²) in [5, 5.41) is 59.5. The Morgan fingerprint density at radius 1 is 0.500 bits per heavy atom. The second-order valence-electron chi connectivity index (χ2n) is 9.74. The van der Waals surface area contributed by atoms with Gasteiger partial charge in [0.15, 0.2) is 0 Å². The van der Waals surface area contributed by atoms with Crippen molar-refractivity contribution in [3.05, 3.63) is 104 Å². The van der Waals surface area contributed by atoms with Crippen molar-refractivity contribution in [1.29, 1.82) is 31.6 Å². The first kappa shape index (κ1) is 32.3. The maximum Gasteiger partial charge on any atom is 0.433 e. The summed E-state index contributed by atoms with van der Waals surface area (Å²) >= 11 is 0. The molecule has 5 rings (SSSR count). The zero-order valence-electron chi connectivity index (χ0n) is 23.1. The zero-order chi connectivity index (χ0) is 35.3. The molecule has 0 aliphatic heterocycles. The van der Waals surface area contributed by atoms with Gasteiger partial charge in [-0.1, -0.05) is 0 Å². The summed E-state index contributed by atoms with van der Waals surface area (Å²) in [6.45, 7) is 0. The molecule has 230 valence electrons. The highest BCUT2D eigenvalue weighted by atomic mass is 19.4. The molecule has 0 saturated heterocycles. The van der Waals surface area contributed by atoms with Gasteiger partial charge in [0.2, 0.25) is 11.9 Å². The van der Waals surface area contributed by atoms with E-state index in [9.17, 15) is 66.7 Å². The average Bonchev–Trinajstić information content (AvgIpc) is 3.52. The Morgan fingerprint density at radius 3 is 1.12 bits per heavy atom. The minimum Gasteiger partial charge on any atom is -0.215 e. The van der Waals surface area contributed by atoms with Gasteiger partial charge in [0.05, 0.1) is 11.1 Å². The van der Waals surface area contributed by atoms with Gasteiger partial charge < -0.3 is 0 Å². The lowest BCUT2D eigenvalue weighted by atomic mass is 9.89. The zero-order valence-corrected chi connectivity index (χ0v) is 23.1. The number of rotatable bonds is 2. The largest absolute Gasteiger partial charge is 0.433 e. The lowest BCUT2D eigenvalue weighted by Gasteiger charge is -2.13. The monoisotopic (exact) mass is 654 g/mol. The number of hydrogen-bond donors (Lipinski definition) is 0. The average molecular weight is 654 g/mol. The third kappa shape index (κ3) is 5.07. The summed E-state index contributed by atoms with van der Waals surface area (Å²) in [7, 11) is 0. The predicted molar refractivity (Wildman–Crippen MR) is 146 cm³/mol. The predicted octanol–water partition coefficient (Wildman–Crippen LogP) is 7.29. The van der Waals surface area contributed by atoms with E-state index in [0.29, 0.717) is 24.3 Å². The highest BCUT2D eigenvalue weighted by molar-refractivity contribution is 6.29. The van der Waals surface area contributed by atoms with Crippen molar-refractivity contribution in [2.75, 3.05) is 0 Å². The highest BCUT2D eigenvalue weighted by Crippen LogP contribution is 2.54. The molecule has 1 aromatic carbocycles. The molecule has 0 unspecified atom stereocenters. The van der Waals surface area contributed by atoms with Gasteiger partial charge >= 0.3 is 12.4 Å². The first-order chi connectivity index (χ1) is 22.6. The van der Waals surface area contributed by atoms with Crippen LogP contribution in [0, 0.1) is 79.9 Å². The SMILES string of the molecule is N#CC(C#N)=C1C(c2cc(F)nc(C(F)(F)F)c2)=C(C#N)c2cc3c(cc21)C(=C(C#N)C#N)C(c1cc(F)nc(C(F)(F)F)c1)=C3C#N. The third-order valence-corrected chi connectivity index (χ3v) is 7.15. The Morgan fingerprint density at radius 2 is 0.833 bits per heavy atom. The molecule has 8 nitrogen and oxygen atoms in total. The van der Waals surface area contributed by atoms with Crippen LogP contribution in [-0.4, -0.2) is 9.97 Å². The van der Waals surface area contributed by atoms with Gasteiger partial charge in [0.1, 0.15) is 58.9 Å². The van der Waals surface area contributed by atoms with Gasteiger partial charge in [-0.15, -0.1) is 0 Å². The van der Waals surface area contributed by atoms with Crippen molar-refractivity contribution >= 4 is 33.4 Å². The molecule has 2 aliphatic rings. The normalized spacial score (nSPS) is 13.5. The molecule has 0 spiro atoms. The van der Waals surface area contributed by atoms with Gasteiger partial charge in [-0.25, -0.2) is 9.97 Å². The fourth-order valence-corrected chi connectivity index (χ4v) is 5.39. The molecule has 16 heteroatoms. The summed E-state index contributed by atoms with van der Waals surface area (Å²) in [6.07, 6.45) is -10.3. The molecule has 0 N–H and O–H groups in total. The van der Waals surface area contributed by atoms with Crippen LogP contribution in [0.1, 0.15) is 44.8 Å². The molecule has 2 aliphatic carbocycles. The summed E-state index contributed by atoms with van der Waals surface area (Å²) in [5.74, 6) is -3.25. The van der Waals surface area contributed by atoms with E-state index in [0.717, 1.165) is 12.1 Å². The molecule has 48 heavy (non-hydrogen) atoms. The van der Waals surface area contributed by atoms with Crippen LogP contribution in [0.2, 0.25) is 0 Å². The second kappa shape index (κ2) is 11.3.